The predicted molar refractivity (Wildman–Crippen MR) is 60.9 cm³/mol. The first-order valence-electron chi connectivity index (χ1n) is 5.61. The second-order valence-corrected chi connectivity index (χ2v) is 4.42. The van der Waals surface area contributed by atoms with Crippen molar-refractivity contribution >= 4 is 0 Å². The van der Waals surface area contributed by atoms with E-state index >= 15 is 0 Å². The van der Waals surface area contributed by atoms with Gasteiger partial charge in [0.2, 0.25) is 0 Å². The van der Waals surface area contributed by atoms with Gasteiger partial charge in [-0.05, 0) is 37.5 Å². The van der Waals surface area contributed by atoms with Crippen molar-refractivity contribution in [1.29, 1.82) is 0 Å². The van der Waals surface area contributed by atoms with Crippen molar-refractivity contribution in [2.75, 3.05) is 14.2 Å². The standard InChI is InChI=1S/C13H16F2O2/c1-8-6-12(17-3)10(7-11(8)16-2)13(14,15)9-4-5-9/h6-7,9H,4-5H2,1-3H3. The molecule has 17 heavy (non-hydrogen) atoms. The molecular weight excluding hydrogens is 226 g/mol. The smallest absolute Gasteiger partial charge is 0.279 e. The molecule has 0 unspecified atom stereocenters. The van der Waals surface area contributed by atoms with Gasteiger partial charge < -0.3 is 9.47 Å². The summed E-state index contributed by atoms with van der Waals surface area (Å²) in [5.74, 6) is -2.67. The Labute approximate surface area is 99.5 Å². The van der Waals surface area contributed by atoms with Gasteiger partial charge in [0, 0.05) is 5.92 Å². The van der Waals surface area contributed by atoms with Gasteiger partial charge in [-0.2, -0.15) is 0 Å². The van der Waals surface area contributed by atoms with Crippen LogP contribution in [-0.2, 0) is 5.92 Å². The molecule has 0 aromatic heterocycles. The fourth-order valence-electron chi connectivity index (χ4n) is 1.98. The third-order valence-corrected chi connectivity index (χ3v) is 3.17. The van der Waals surface area contributed by atoms with Crippen LogP contribution in [0.5, 0.6) is 11.5 Å². The van der Waals surface area contributed by atoms with Gasteiger partial charge in [0.05, 0.1) is 19.8 Å². The van der Waals surface area contributed by atoms with Crippen molar-refractivity contribution in [3.8, 4) is 11.5 Å². The Bertz CT molecular complexity index is 426. The number of methoxy groups -OCH3 is 2. The second kappa shape index (κ2) is 4.17. The molecule has 1 aromatic carbocycles. The lowest BCUT2D eigenvalue weighted by Crippen LogP contribution is -2.17. The molecule has 2 nitrogen and oxygen atoms in total. The topological polar surface area (TPSA) is 18.5 Å². The number of hydrogen-bond acceptors (Lipinski definition) is 2. The van der Waals surface area contributed by atoms with E-state index in [9.17, 15) is 8.78 Å². The molecule has 0 saturated heterocycles. The summed E-state index contributed by atoms with van der Waals surface area (Å²) >= 11 is 0. The Morgan fingerprint density at radius 3 is 2.18 bits per heavy atom. The maximum Gasteiger partial charge on any atom is 0.279 e. The van der Waals surface area contributed by atoms with E-state index < -0.39 is 11.8 Å². The lowest BCUT2D eigenvalue weighted by Gasteiger charge is -2.20. The van der Waals surface area contributed by atoms with Crippen molar-refractivity contribution < 1.29 is 18.3 Å². The minimum absolute atomic E-state index is 0.0649. The van der Waals surface area contributed by atoms with Gasteiger partial charge in [-0.1, -0.05) is 0 Å². The minimum atomic E-state index is -2.83. The first kappa shape index (κ1) is 12.1. The van der Waals surface area contributed by atoms with Crippen LogP contribution in [0.1, 0.15) is 24.0 Å². The summed E-state index contributed by atoms with van der Waals surface area (Å²) in [4.78, 5) is 0. The monoisotopic (exact) mass is 242 g/mol. The van der Waals surface area contributed by atoms with Crippen molar-refractivity contribution in [3.05, 3.63) is 23.3 Å². The number of alkyl halides is 2. The van der Waals surface area contributed by atoms with E-state index in [1.807, 2.05) is 0 Å². The molecule has 1 saturated carbocycles. The molecule has 0 radical (unpaired) electrons. The summed E-state index contributed by atoms with van der Waals surface area (Å²) < 4.78 is 38.3. The van der Waals surface area contributed by atoms with E-state index in [1.54, 1.807) is 13.0 Å². The Hall–Kier alpha value is -1.32. The van der Waals surface area contributed by atoms with E-state index in [-0.39, 0.29) is 11.3 Å². The van der Waals surface area contributed by atoms with Gasteiger partial charge in [0.15, 0.2) is 0 Å². The zero-order valence-electron chi connectivity index (χ0n) is 10.2. The van der Waals surface area contributed by atoms with Gasteiger partial charge >= 0.3 is 0 Å². The Kier molecular flexibility index (Phi) is 2.98. The van der Waals surface area contributed by atoms with Crippen LogP contribution in [-0.4, -0.2) is 14.2 Å². The maximum atomic E-state index is 14.1. The Morgan fingerprint density at radius 1 is 1.12 bits per heavy atom. The number of rotatable bonds is 4. The fourth-order valence-corrected chi connectivity index (χ4v) is 1.98. The fraction of sp³-hybridized carbons (Fsp3) is 0.538. The van der Waals surface area contributed by atoms with Crippen LogP contribution in [0.2, 0.25) is 0 Å². The highest BCUT2D eigenvalue weighted by atomic mass is 19.3. The molecule has 2 rings (SSSR count). The molecule has 0 aliphatic heterocycles. The van der Waals surface area contributed by atoms with Crippen LogP contribution in [0.15, 0.2) is 12.1 Å². The van der Waals surface area contributed by atoms with Crippen LogP contribution in [0.4, 0.5) is 8.78 Å². The van der Waals surface area contributed by atoms with E-state index in [2.05, 4.69) is 0 Å². The first-order chi connectivity index (χ1) is 8.00. The molecule has 0 bridgehead atoms. The normalized spacial score (nSPS) is 15.8. The highest BCUT2D eigenvalue weighted by Crippen LogP contribution is 2.52. The minimum Gasteiger partial charge on any atom is -0.496 e. The van der Waals surface area contributed by atoms with Crippen molar-refractivity contribution in [2.45, 2.75) is 25.7 Å². The van der Waals surface area contributed by atoms with E-state index in [0.29, 0.717) is 18.6 Å². The van der Waals surface area contributed by atoms with Gasteiger partial charge in [0.1, 0.15) is 11.5 Å². The third-order valence-electron chi connectivity index (χ3n) is 3.17. The van der Waals surface area contributed by atoms with Crippen LogP contribution >= 0.6 is 0 Å². The maximum absolute atomic E-state index is 14.1. The summed E-state index contributed by atoms with van der Waals surface area (Å²) in [5.41, 5.74) is 0.727. The molecule has 0 heterocycles. The van der Waals surface area contributed by atoms with Crippen molar-refractivity contribution in [3.63, 3.8) is 0 Å². The van der Waals surface area contributed by atoms with Gasteiger partial charge in [-0.15, -0.1) is 0 Å². The molecule has 1 aromatic rings. The predicted octanol–water partition coefficient (Wildman–Crippen LogP) is 3.51. The SMILES string of the molecule is COc1cc(C(F)(F)C2CC2)c(OC)cc1C. The Morgan fingerprint density at radius 2 is 1.71 bits per heavy atom. The molecule has 1 aliphatic rings. The van der Waals surface area contributed by atoms with Crippen LogP contribution in [0.25, 0.3) is 0 Å². The second-order valence-electron chi connectivity index (χ2n) is 4.42. The molecule has 4 heteroatoms. The number of benzene rings is 1. The first-order valence-corrected chi connectivity index (χ1v) is 5.61. The summed E-state index contributed by atoms with van der Waals surface area (Å²) in [6, 6.07) is 3.00. The molecule has 94 valence electrons. The van der Waals surface area contributed by atoms with Gasteiger partial charge in [0.25, 0.3) is 5.92 Å². The molecule has 0 spiro atoms. The highest BCUT2D eigenvalue weighted by Gasteiger charge is 2.49. The average molecular weight is 242 g/mol. The molecule has 1 fully saturated rings. The Balaban J connectivity index is 2.50. The molecule has 0 atom stereocenters. The number of aryl methyl sites for hydroxylation is 1. The lowest BCUT2D eigenvalue weighted by atomic mass is 10.0. The largest absolute Gasteiger partial charge is 0.496 e. The summed E-state index contributed by atoms with van der Waals surface area (Å²) in [7, 11) is 2.89. The number of halogens is 2. The zero-order valence-corrected chi connectivity index (χ0v) is 10.2. The van der Waals surface area contributed by atoms with E-state index in [0.717, 1.165) is 5.56 Å². The highest BCUT2D eigenvalue weighted by molar-refractivity contribution is 5.48. The van der Waals surface area contributed by atoms with Crippen molar-refractivity contribution in [2.24, 2.45) is 5.92 Å². The molecule has 1 aliphatic carbocycles. The van der Waals surface area contributed by atoms with Crippen LogP contribution < -0.4 is 9.47 Å². The van der Waals surface area contributed by atoms with Crippen LogP contribution in [0.3, 0.4) is 0 Å². The third kappa shape index (κ3) is 2.08. The average Bonchev–Trinajstić information content (AvgIpc) is 3.12. The zero-order chi connectivity index (χ0) is 12.6. The molecular formula is C13H16F2O2. The van der Waals surface area contributed by atoms with E-state index in [4.69, 9.17) is 9.47 Å². The van der Waals surface area contributed by atoms with Crippen LogP contribution in [0, 0.1) is 12.8 Å². The summed E-state index contributed by atoms with van der Waals surface area (Å²) in [6.45, 7) is 1.81. The number of ether oxygens (including phenoxy) is 2. The van der Waals surface area contributed by atoms with Crippen molar-refractivity contribution in [1.82, 2.24) is 0 Å². The molecule has 0 N–H and O–H groups in total. The lowest BCUT2D eigenvalue weighted by molar-refractivity contribution is -0.0306. The number of hydrogen-bond donors (Lipinski definition) is 0. The summed E-state index contributed by atoms with van der Waals surface area (Å²) in [5, 5.41) is 0. The van der Waals surface area contributed by atoms with Gasteiger partial charge in [-0.3, -0.25) is 0 Å². The molecule has 0 amide bonds. The quantitative estimate of drug-likeness (QED) is 0.804. The summed E-state index contributed by atoms with van der Waals surface area (Å²) in [6.07, 6.45) is 1.15. The van der Waals surface area contributed by atoms with Gasteiger partial charge in [-0.25, -0.2) is 8.78 Å². The van der Waals surface area contributed by atoms with E-state index in [1.165, 1.54) is 20.3 Å².